The number of aryl methyl sites for hydroxylation is 2. The SMILES string of the molecule is Cl.c1ccc2c(NCCCCNCCCSc3c4c(nc5ccccc35)CCCC4)c3c(nc2c1)CCCC3. The minimum atomic E-state index is 0. The van der Waals surface area contributed by atoms with E-state index in [2.05, 4.69) is 70.9 Å². The molecule has 0 bridgehead atoms. The molecule has 2 N–H and O–H groups in total. The summed E-state index contributed by atoms with van der Waals surface area (Å²) in [4.78, 5) is 11.5. The van der Waals surface area contributed by atoms with Crippen molar-refractivity contribution >= 4 is 51.7 Å². The molecule has 0 spiro atoms. The summed E-state index contributed by atoms with van der Waals surface area (Å²) in [7, 11) is 0. The number of rotatable bonds is 11. The molecule has 4 aromatic rings. The molecule has 2 aromatic heterocycles. The summed E-state index contributed by atoms with van der Waals surface area (Å²) in [6.07, 6.45) is 13.3. The minimum Gasteiger partial charge on any atom is -0.384 e. The van der Waals surface area contributed by atoms with E-state index in [0.717, 1.165) is 50.2 Å². The Bertz CT molecular complexity index is 1300. The lowest BCUT2D eigenvalue weighted by atomic mass is 9.92. The van der Waals surface area contributed by atoms with Crippen LogP contribution in [-0.4, -0.2) is 35.4 Å². The number of para-hydroxylation sites is 2. The fourth-order valence-electron chi connectivity index (χ4n) is 6.15. The number of unbranched alkanes of at least 4 members (excludes halogenated alkanes) is 1. The highest BCUT2D eigenvalue weighted by Gasteiger charge is 2.19. The van der Waals surface area contributed by atoms with Crippen molar-refractivity contribution in [3.63, 3.8) is 0 Å². The van der Waals surface area contributed by atoms with Gasteiger partial charge in [-0.1, -0.05) is 36.4 Å². The first kappa shape index (κ1) is 28.2. The van der Waals surface area contributed by atoms with Crippen LogP contribution in [-0.2, 0) is 25.7 Å². The second kappa shape index (κ2) is 13.8. The molecule has 4 nitrogen and oxygen atoms in total. The Hall–Kier alpha value is -2.34. The normalized spacial score (nSPS) is 14.6. The summed E-state index contributed by atoms with van der Waals surface area (Å²) in [6, 6.07) is 17.3. The first-order valence-corrected chi connectivity index (χ1v) is 15.8. The molecule has 0 fully saturated rings. The van der Waals surface area contributed by atoms with Crippen molar-refractivity contribution in [3.05, 3.63) is 71.0 Å². The van der Waals surface area contributed by atoms with Crippen LogP contribution in [0.1, 0.15) is 67.5 Å². The molecule has 0 unspecified atom stereocenters. The molecule has 2 aromatic carbocycles. The molecule has 0 atom stereocenters. The van der Waals surface area contributed by atoms with Crippen molar-refractivity contribution in [1.29, 1.82) is 0 Å². The van der Waals surface area contributed by atoms with Crippen LogP contribution < -0.4 is 10.6 Å². The van der Waals surface area contributed by atoms with Gasteiger partial charge in [-0.3, -0.25) is 9.97 Å². The van der Waals surface area contributed by atoms with Crippen LogP contribution in [0.2, 0.25) is 0 Å². The first-order chi connectivity index (χ1) is 18.9. The number of anilines is 1. The van der Waals surface area contributed by atoms with Crippen molar-refractivity contribution in [3.8, 4) is 0 Å². The summed E-state index contributed by atoms with van der Waals surface area (Å²) < 4.78 is 0. The van der Waals surface area contributed by atoms with Crippen LogP contribution >= 0.6 is 24.2 Å². The molecule has 0 saturated heterocycles. The lowest BCUT2D eigenvalue weighted by molar-refractivity contribution is 0.627. The third kappa shape index (κ3) is 6.53. The number of aromatic nitrogens is 2. The number of hydrogen-bond acceptors (Lipinski definition) is 5. The van der Waals surface area contributed by atoms with Crippen LogP contribution in [0.25, 0.3) is 21.8 Å². The first-order valence-electron chi connectivity index (χ1n) is 14.8. The molecule has 2 aliphatic carbocycles. The van der Waals surface area contributed by atoms with E-state index in [0.29, 0.717) is 0 Å². The summed E-state index contributed by atoms with van der Waals surface area (Å²) in [5.41, 5.74) is 9.32. The maximum absolute atomic E-state index is 4.99. The van der Waals surface area contributed by atoms with Gasteiger partial charge in [0.1, 0.15) is 0 Å². The summed E-state index contributed by atoms with van der Waals surface area (Å²) in [6.45, 7) is 3.21. The molecule has 2 heterocycles. The van der Waals surface area contributed by atoms with Gasteiger partial charge >= 0.3 is 0 Å². The third-order valence-corrected chi connectivity index (χ3v) is 9.36. The number of benzene rings is 2. The van der Waals surface area contributed by atoms with E-state index < -0.39 is 0 Å². The number of thioether (sulfide) groups is 1. The van der Waals surface area contributed by atoms with Crippen molar-refractivity contribution in [1.82, 2.24) is 15.3 Å². The summed E-state index contributed by atoms with van der Waals surface area (Å²) >= 11 is 2.05. The zero-order valence-electron chi connectivity index (χ0n) is 22.9. The predicted octanol–water partition coefficient (Wildman–Crippen LogP) is 7.93. The number of hydrogen-bond donors (Lipinski definition) is 2. The number of fused-ring (bicyclic) bond motifs is 4. The Kier molecular flexibility index (Phi) is 10.00. The van der Waals surface area contributed by atoms with Crippen LogP contribution in [0.5, 0.6) is 0 Å². The van der Waals surface area contributed by atoms with E-state index in [1.54, 1.807) is 0 Å². The van der Waals surface area contributed by atoms with Gasteiger partial charge in [0.2, 0.25) is 0 Å². The van der Waals surface area contributed by atoms with Crippen molar-refractivity contribution in [2.24, 2.45) is 0 Å². The van der Waals surface area contributed by atoms with Gasteiger partial charge in [-0.15, -0.1) is 24.2 Å². The quantitative estimate of drug-likeness (QED) is 0.144. The minimum absolute atomic E-state index is 0. The van der Waals surface area contributed by atoms with E-state index in [4.69, 9.17) is 9.97 Å². The average Bonchev–Trinajstić information content (AvgIpc) is 2.97. The lowest BCUT2D eigenvalue weighted by Gasteiger charge is -2.21. The maximum Gasteiger partial charge on any atom is 0.0726 e. The summed E-state index contributed by atoms with van der Waals surface area (Å²) in [5.74, 6) is 1.16. The van der Waals surface area contributed by atoms with E-state index in [-0.39, 0.29) is 12.4 Å². The van der Waals surface area contributed by atoms with Crippen molar-refractivity contribution < 1.29 is 0 Å². The van der Waals surface area contributed by atoms with Gasteiger partial charge < -0.3 is 10.6 Å². The third-order valence-electron chi connectivity index (χ3n) is 8.11. The van der Waals surface area contributed by atoms with Crippen molar-refractivity contribution in [2.75, 3.05) is 30.7 Å². The van der Waals surface area contributed by atoms with Gasteiger partial charge in [-0.05, 0) is 113 Å². The van der Waals surface area contributed by atoms with Gasteiger partial charge in [0.05, 0.1) is 11.0 Å². The highest BCUT2D eigenvalue weighted by atomic mass is 35.5. The Morgan fingerprint density at radius 2 is 1.23 bits per heavy atom. The number of pyridine rings is 2. The van der Waals surface area contributed by atoms with Gasteiger partial charge in [-0.2, -0.15) is 0 Å². The number of halogens is 1. The molecule has 39 heavy (non-hydrogen) atoms. The predicted molar refractivity (Wildman–Crippen MR) is 170 cm³/mol. The highest BCUT2D eigenvalue weighted by molar-refractivity contribution is 7.99. The van der Waals surface area contributed by atoms with Crippen LogP contribution in [0.3, 0.4) is 0 Å². The van der Waals surface area contributed by atoms with E-state index in [1.807, 2.05) is 0 Å². The zero-order valence-corrected chi connectivity index (χ0v) is 24.6. The molecule has 0 radical (unpaired) electrons. The Balaban J connectivity index is 0.00000308. The fraction of sp³-hybridized carbons (Fsp3) is 0.455. The average molecular weight is 561 g/mol. The number of nitrogens with one attached hydrogen (secondary N) is 2. The lowest BCUT2D eigenvalue weighted by Crippen LogP contribution is -2.18. The molecule has 0 saturated carbocycles. The van der Waals surface area contributed by atoms with Crippen LogP contribution in [0.4, 0.5) is 5.69 Å². The zero-order chi connectivity index (χ0) is 25.6. The van der Waals surface area contributed by atoms with Gasteiger partial charge in [0.25, 0.3) is 0 Å². The molecule has 6 heteroatoms. The topological polar surface area (TPSA) is 49.8 Å². The van der Waals surface area contributed by atoms with E-state index in [1.165, 1.54) is 101 Å². The van der Waals surface area contributed by atoms with Gasteiger partial charge in [-0.25, -0.2) is 0 Å². The summed E-state index contributed by atoms with van der Waals surface area (Å²) in [5, 5.41) is 10.1. The van der Waals surface area contributed by atoms with E-state index >= 15 is 0 Å². The molecular weight excluding hydrogens is 520 g/mol. The van der Waals surface area contributed by atoms with Crippen molar-refractivity contribution in [2.45, 2.75) is 75.5 Å². The molecule has 0 aliphatic heterocycles. The van der Waals surface area contributed by atoms with Crippen LogP contribution in [0.15, 0.2) is 53.4 Å². The number of nitrogens with zero attached hydrogens (tertiary/aromatic N) is 2. The molecule has 2 aliphatic rings. The van der Waals surface area contributed by atoms with Crippen LogP contribution in [0, 0.1) is 0 Å². The van der Waals surface area contributed by atoms with E-state index in [9.17, 15) is 0 Å². The fourth-order valence-corrected chi connectivity index (χ4v) is 7.37. The molecular formula is C33H41ClN4S. The molecule has 6 rings (SSSR count). The smallest absolute Gasteiger partial charge is 0.0726 e. The Labute approximate surface area is 243 Å². The highest BCUT2D eigenvalue weighted by Crippen LogP contribution is 2.36. The molecule has 206 valence electrons. The largest absolute Gasteiger partial charge is 0.384 e. The van der Waals surface area contributed by atoms with Gasteiger partial charge in [0, 0.05) is 39.3 Å². The van der Waals surface area contributed by atoms with Gasteiger partial charge in [0.15, 0.2) is 0 Å². The second-order valence-electron chi connectivity index (χ2n) is 10.8. The standard InChI is InChI=1S/C33H40N4S.ClH/c1-5-16-28-24(12-1)32(25-13-2-6-17-29(25)36-28)35-22-10-9-20-34-21-11-23-38-33-26-14-3-7-18-30(26)37-31-19-8-4-15-27(31)33;/h1,3,5,7,12,14,16,18,34H,2,4,6,8-11,13,15,17,19-23H2,(H,35,36);1H. The maximum atomic E-state index is 4.99. The monoisotopic (exact) mass is 560 g/mol. The Morgan fingerprint density at radius 1 is 0.641 bits per heavy atom. The Morgan fingerprint density at radius 3 is 2.03 bits per heavy atom. The second-order valence-corrected chi connectivity index (χ2v) is 11.9. The molecule has 0 amide bonds.